The van der Waals surface area contributed by atoms with Crippen LogP contribution in [0.15, 0.2) is 30.5 Å². The van der Waals surface area contributed by atoms with E-state index >= 15 is 0 Å². The van der Waals surface area contributed by atoms with Crippen LogP contribution in [-0.2, 0) is 10.8 Å². The molecule has 1 saturated carbocycles. The zero-order valence-corrected chi connectivity index (χ0v) is 21.9. The van der Waals surface area contributed by atoms with Crippen molar-refractivity contribution in [3.05, 3.63) is 47.4 Å². The molecule has 1 heterocycles. The Bertz CT molecular complexity index is 952. The number of unbranched alkanes of at least 4 members (excludes halogenated alkanes) is 1. The second-order valence-electron chi connectivity index (χ2n) is 12.0. The summed E-state index contributed by atoms with van der Waals surface area (Å²) in [6.07, 6.45) is 13.7. The van der Waals surface area contributed by atoms with Gasteiger partial charge in [-0.25, -0.2) is 9.97 Å². The third-order valence-electron chi connectivity index (χ3n) is 8.42. The largest absolute Gasteiger partial charge is 0.396 e. The summed E-state index contributed by atoms with van der Waals surface area (Å²) in [6, 6.07) is 9.71. The lowest BCUT2D eigenvalue weighted by Crippen LogP contribution is -2.33. The average molecular weight is 464 g/mol. The first kappa shape index (κ1) is 25.3. The molecule has 2 N–H and O–H groups in total. The van der Waals surface area contributed by atoms with Crippen LogP contribution in [0.1, 0.15) is 115 Å². The number of rotatable bonds is 7. The van der Waals surface area contributed by atoms with Crippen LogP contribution in [0.2, 0.25) is 0 Å². The van der Waals surface area contributed by atoms with E-state index in [1.54, 1.807) is 0 Å². The van der Waals surface area contributed by atoms with Gasteiger partial charge in [-0.1, -0.05) is 52.7 Å². The van der Waals surface area contributed by atoms with Crippen LogP contribution in [0.25, 0.3) is 11.3 Å². The molecule has 0 aliphatic heterocycles. The third-order valence-corrected chi connectivity index (χ3v) is 8.42. The molecule has 4 heteroatoms. The first-order valence-corrected chi connectivity index (χ1v) is 13.6. The molecule has 1 aromatic heterocycles. The Kier molecular flexibility index (Phi) is 8.09. The summed E-state index contributed by atoms with van der Waals surface area (Å²) in [6.45, 7) is 10.8. The van der Waals surface area contributed by atoms with E-state index < -0.39 is 0 Å². The van der Waals surface area contributed by atoms with Gasteiger partial charge in [-0.15, -0.1) is 0 Å². The molecule has 4 rings (SSSR count). The van der Waals surface area contributed by atoms with E-state index in [0.29, 0.717) is 18.6 Å². The van der Waals surface area contributed by atoms with E-state index in [-0.39, 0.29) is 10.8 Å². The molecule has 2 aliphatic rings. The van der Waals surface area contributed by atoms with Crippen molar-refractivity contribution in [2.24, 2.45) is 0 Å². The zero-order valence-electron chi connectivity index (χ0n) is 21.9. The maximum atomic E-state index is 9.02. The van der Waals surface area contributed by atoms with Crippen molar-refractivity contribution < 1.29 is 5.11 Å². The van der Waals surface area contributed by atoms with Gasteiger partial charge in [0, 0.05) is 30.3 Å². The van der Waals surface area contributed by atoms with Crippen molar-refractivity contribution in [1.29, 1.82) is 0 Å². The van der Waals surface area contributed by atoms with Crippen molar-refractivity contribution in [1.82, 2.24) is 15.3 Å². The monoisotopic (exact) mass is 463 g/mol. The first-order valence-electron chi connectivity index (χ1n) is 13.6. The molecule has 2 unspecified atom stereocenters. The van der Waals surface area contributed by atoms with Gasteiger partial charge in [0.25, 0.3) is 0 Å². The Hall–Kier alpha value is -1.78. The summed E-state index contributed by atoms with van der Waals surface area (Å²) in [7, 11) is 0. The Balaban J connectivity index is 1.51. The van der Waals surface area contributed by atoms with Gasteiger partial charge < -0.3 is 10.4 Å². The number of hydrogen-bond acceptors (Lipinski definition) is 4. The Morgan fingerprint density at radius 3 is 2.47 bits per heavy atom. The molecule has 186 valence electrons. The average Bonchev–Trinajstić information content (AvgIpc) is 2.81. The van der Waals surface area contributed by atoms with Crippen molar-refractivity contribution in [2.45, 2.75) is 115 Å². The van der Waals surface area contributed by atoms with Crippen LogP contribution in [0.4, 0.5) is 0 Å². The van der Waals surface area contributed by atoms with Crippen LogP contribution < -0.4 is 5.32 Å². The van der Waals surface area contributed by atoms with E-state index in [9.17, 15) is 0 Å². The highest BCUT2D eigenvalue weighted by Gasteiger charge is 2.37. The molecule has 2 atom stereocenters. The number of nitrogens with zero attached hydrogens (tertiary/aromatic N) is 2. The van der Waals surface area contributed by atoms with Gasteiger partial charge in [0.2, 0.25) is 0 Å². The molecule has 0 saturated heterocycles. The minimum atomic E-state index is 0.204. The van der Waals surface area contributed by atoms with E-state index in [1.165, 1.54) is 61.6 Å². The number of fused-ring (bicyclic) bond motifs is 1. The highest BCUT2D eigenvalue weighted by molar-refractivity contribution is 5.62. The van der Waals surface area contributed by atoms with Gasteiger partial charge >= 0.3 is 0 Å². The van der Waals surface area contributed by atoms with Gasteiger partial charge in [0.15, 0.2) is 0 Å². The standard InChI is InChI=1S/C30H45N3O/c1-29(2)16-17-30(3,4)26-21-23(12-14-25(26)29)27-15-19-32-28(33-27)22-9-5-6-10-24(13-11-22)31-18-7-8-20-34/h12,14-15,19,21-22,24,31,34H,5-11,13,16-18,20H2,1-4H3. The summed E-state index contributed by atoms with van der Waals surface area (Å²) in [4.78, 5) is 9.88. The van der Waals surface area contributed by atoms with E-state index in [2.05, 4.69) is 57.3 Å². The zero-order chi connectivity index (χ0) is 24.2. The lowest BCUT2D eigenvalue weighted by Gasteiger charge is -2.42. The number of benzene rings is 1. The Morgan fingerprint density at radius 1 is 0.912 bits per heavy atom. The van der Waals surface area contributed by atoms with Crippen molar-refractivity contribution >= 4 is 0 Å². The molecular weight excluding hydrogens is 418 g/mol. The lowest BCUT2D eigenvalue weighted by molar-refractivity contribution is 0.280. The number of aliphatic hydroxyl groups excluding tert-OH is 1. The first-order chi connectivity index (χ1) is 16.3. The fourth-order valence-corrected chi connectivity index (χ4v) is 5.96. The molecule has 0 amide bonds. The molecule has 34 heavy (non-hydrogen) atoms. The minimum absolute atomic E-state index is 0.204. The summed E-state index contributed by atoms with van der Waals surface area (Å²) in [5.41, 5.74) is 5.72. The molecule has 1 fully saturated rings. The van der Waals surface area contributed by atoms with E-state index in [1.807, 2.05) is 6.20 Å². The molecule has 0 spiro atoms. The smallest absolute Gasteiger partial charge is 0.132 e. The summed E-state index contributed by atoms with van der Waals surface area (Å²) in [5, 5.41) is 12.7. The molecule has 2 aliphatic carbocycles. The van der Waals surface area contributed by atoms with Crippen molar-refractivity contribution in [2.75, 3.05) is 13.2 Å². The van der Waals surface area contributed by atoms with Gasteiger partial charge in [-0.3, -0.25) is 0 Å². The number of aromatic nitrogens is 2. The molecule has 4 nitrogen and oxygen atoms in total. The summed E-state index contributed by atoms with van der Waals surface area (Å²) < 4.78 is 0. The van der Waals surface area contributed by atoms with Gasteiger partial charge in [0.1, 0.15) is 5.82 Å². The SMILES string of the molecule is CC1(C)CCC(C)(C)c2cc(-c3ccnc(C4CCCCC(NCCCCO)CC4)n3)ccc21. The van der Waals surface area contributed by atoms with Crippen molar-refractivity contribution in [3.8, 4) is 11.3 Å². The number of aliphatic hydroxyl groups is 1. The second kappa shape index (κ2) is 10.9. The minimum Gasteiger partial charge on any atom is -0.396 e. The maximum absolute atomic E-state index is 9.02. The topological polar surface area (TPSA) is 58.0 Å². The summed E-state index contributed by atoms with van der Waals surface area (Å²) in [5.74, 6) is 1.46. The van der Waals surface area contributed by atoms with Crippen molar-refractivity contribution in [3.63, 3.8) is 0 Å². The Morgan fingerprint density at radius 2 is 1.68 bits per heavy atom. The normalized spacial score (nSPS) is 24.1. The van der Waals surface area contributed by atoms with Crippen LogP contribution in [-0.4, -0.2) is 34.3 Å². The fraction of sp³-hybridized carbons (Fsp3) is 0.667. The van der Waals surface area contributed by atoms with Crippen LogP contribution >= 0.6 is 0 Å². The van der Waals surface area contributed by atoms with E-state index in [4.69, 9.17) is 15.1 Å². The van der Waals surface area contributed by atoms with Gasteiger partial charge in [0.05, 0.1) is 5.69 Å². The van der Waals surface area contributed by atoms with E-state index in [0.717, 1.165) is 37.3 Å². The van der Waals surface area contributed by atoms with Crippen LogP contribution in [0.3, 0.4) is 0 Å². The molecule has 0 bridgehead atoms. The summed E-state index contributed by atoms with van der Waals surface area (Å²) >= 11 is 0. The highest BCUT2D eigenvalue weighted by Crippen LogP contribution is 2.46. The fourth-order valence-electron chi connectivity index (χ4n) is 5.96. The number of hydrogen-bond donors (Lipinski definition) is 2. The predicted octanol–water partition coefficient (Wildman–Crippen LogP) is 6.66. The van der Waals surface area contributed by atoms with Crippen LogP contribution in [0, 0.1) is 0 Å². The second-order valence-corrected chi connectivity index (χ2v) is 12.0. The third kappa shape index (κ3) is 5.88. The van der Waals surface area contributed by atoms with Gasteiger partial charge in [-0.05, 0) is 92.0 Å². The predicted molar refractivity (Wildman–Crippen MR) is 141 cm³/mol. The molecule has 2 aromatic rings. The quantitative estimate of drug-likeness (QED) is 0.451. The number of nitrogens with one attached hydrogen (secondary N) is 1. The molecule has 1 aromatic carbocycles. The molecule has 0 radical (unpaired) electrons. The Labute approximate surface area is 207 Å². The molecular formula is C30H45N3O. The van der Waals surface area contributed by atoms with Gasteiger partial charge in [-0.2, -0.15) is 0 Å². The lowest BCUT2D eigenvalue weighted by atomic mass is 9.63. The maximum Gasteiger partial charge on any atom is 0.132 e. The highest BCUT2D eigenvalue weighted by atomic mass is 16.2. The van der Waals surface area contributed by atoms with Crippen LogP contribution in [0.5, 0.6) is 0 Å².